The molecule has 2 heterocycles. The summed E-state index contributed by atoms with van der Waals surface area (Å²) in [4.78, 5) is 13.0. The molecule has 2 rings (SSSR count). The van der Waals surface area contributed by atoms with Gasteiger partial charge < -0.3 is 9.52 Å². The van der Waals surface area contributed by atoms with E-state index in [1.165, 1.54) is 11.3 Å². The van der Waals surface area contributed by atoms with Crippen LogP contribution in [0.1, 0.15) is 5.89 Å². The predicted octanol–water partition coefficient (Wildman–Crippen LogP) is 2.08. The molecule has 2 aromatic rings. The standard InChI is InChI=1S/C10H10BrN3O3S/c1-14(5-9(15)16)4-8-12-13-10(17-8)6-2-3-7(11)18-6/h2-3H,4-5H2,1H3,(H,15,16). The lowest BCUT2D eigenvalue weighted by atomic mass is 10.5. The number of carbonyl (C=O) groups is 1. The quantitative estimate of drug-likeness (QED) is 0.903. The van der Waals surface area contributed by atoms with Crippen molar-refractivity contribution in [3.8, 4) is 10.8 Å². The first kappa shape index (κ1) is 13.2. The molecule has 2 aromatic heterocycles. The molecule has 18 heavy (non-hydrogen) atoms. The molecule has 6 nitrogen and oxygen atoms in total. The fraction of sp³-hybridized carbons (Fsp3) is 0.300. The van der Waals surface area contributed by atoms with Gasteiger partial charge in [0.2, 0.25) is 5.89 Å². The van der Waals surface area contributed by atoms with Crippen LogP contribution in [0.3, 0.4) is 0 Å². The number of aliphatic carboxylic acids is 1. The SMILES string of the molecule is CN(CC(=O)O)Cc1nnc(-c2ccc(Br)s2)o1. The van der Waals surface area contributed by atoms with Crippen LogP contribution in [0.4, 0.5) is 0 Å². The Morgan fingerprint density at radius 2 is 2.33 bits per heavy atom. The molecule has 0 aliphatic carbocycles. The highest BCUT2D eigenvalue weighted by atomic mass is 79.9. The van der Waals surface area contributed by atoms with Gasteiger partial charge in [0.15, 0.2) is 0 Å². The number of halogens is 1. The lowest BCUT2D eigenvalue weighted by molar-refractivity contribution is -0.138. The Kier molecular flexibility index (Phi) is 4.10. The minimum Gasteiger partial charge on any atom is -0.480 e. The van der Waals surface area contributed by atoms with Gasteiger partial charge in [-0.1, -0.05) is 0 Å². The van der Waals surface area contributed by atoms with Gasteiger partial charge >= 0.3 is 5.97 Å². The second-order valence-electron chi connectivity index (χ2n) is 3.67. The van der Waals surface area contributed by atoms with Crippen molar-refractivity contribution in [1.29, 1.82) is 0 Å². The van der Waals surface area contributed by atoms with Crippen LogP contribution in [0.25, 0.3) is 10.8 Å². The fourth-order valence-corrected chi connectivity index (χ4v) is 2.67. The maximum Gasteiger partial charge on any atom is 0.317 e. The van der Waals surface area contributed by atoms with Gasteiger partial charge in [0, 0.05) is 0 Å². The Balaban J connectivity index is 2.04. The molecule has 8 heteroatoms. The van der Waals surface area contributed by atoms with Crippen molar-refractivity contribution in [2.75, 3.05) is 13.6 Å². The van der Waals surface area contributed by atoms with E-state index in [2.05, 4.69) is 26.1 Å². The number of rotatable bonds is 5. The van der Waals surface area contributed by atoms with Crippen LogP contribution in [-0.4, -0.2) is 39.8 Å². The number of hydrogen-bond donors (Lipinski definition) is 1. The predicted molar refractivity (Wildman–Crippen MR) is 69.3 cm³/mol. The summed E-state index contributed by atoms with van der Waals surface area (Å²) in [7, 11) is 1.68. The smallest absolute Gasteiger partial charge is 0.317 e. The summed E-state index contributed by atoms with van der Waals surface area (Å²) < 4.78 is 6.45. The van der Waals surface area contributed by atoms with Crippen molar-refractivity contribution in [3.63, 3.8) is 0 Å². The van der Waals surface area contributed by atoms with E-state index >= 15 is 0 Å². The van der Waals surface area contributed by atoms with Crippen molar-refractivity contribution in [3.05, 3.63) is 21.8 Å². The Morgan fingerprint density at radius 3 is 2.94 bits per heavy atom. The molecule has 0 atom stereocenters. The maximum atomic E-state index is 10.5. The van der Waals surface area contributed by atoms with E-state index in [1.54, 1.807) is 11.9 Å². The zero-order valence-corrected chi connectivity index (χ0v) is 11.9. The molecule has 0 saturated heterocycles. The van der Waals surface area contributed by atoms with Gasteiger partial charge in [0.25, 0.3) is 5.89 Å². The van der Waals surface area contributed by atoms with Crippen molar-refractivity contribution in [2.45, 2.75) is 6.54 Å². The molecular weight excluding hydrogens is 322 g/mol. The summed E-state index contributed by atoms with van der Waals surface area (Å²) in [5.74, 6) is -0.0397. The summed E-state index contributed by atoms with van der Waals surface area (Å²) >= 11 is 4.86. The number of carboxylic acids is 1. The minimum atomic E-state index is -0.889. The molecule has 0 radical (unpaired) electrons. The summed E-state index contributed by atoms with van der Waals surface area (Å²) in [5, 5.41) is 16.5. The van der Waals surface area contributed by atoms with Gasteiger partial charge in [0.1, 0.15) is 0 Å². The Bertz CT molecular complexity index is 554. The average Bonchev–Trinajstić information content (AvgIpc) is 2.85. The number of aromatic nitrogens is 2. The Labute approximate surface area is 115 Å². The third-order valence-corrected chi connectivity index (χ3v) is 3.67. The fourth-order valence-electron chi connectivity index (χ4n) is 1.36. The largest absolute Gasteiger partial charge is 0.480 e. The van der Waals surface area contributed by atoms with Gasteiger partial charge in [-0.05, 0) is 35.1 Å². The van der Waals surface area contributed by atoms with E-state index in [1.807, 2.05) is 12.1 Å². The summed E-state index contributed by atoms with van der Waals surface area (Å²) in [6.45, 7) is 0.244. The van der Waals surface area contributed by atoms with E-state index < -0.39 is 5.97 Å². The van der Waals surface area contributed by atoms with Crippen LogP contribution >= 0.6 is 27.3 Å². The average molecular weight is 332 g/mol. The molecule has 0 saturated carbocycles. The van der Waals surface area contributed by atoms with E-state index in [9.17, 15) is 4.79 Å². The van der Waals surface area contributed by atoms with Crippen molar-refractivity contribution < 1.29 is 14.3 Å². The van der Waals surface area contributed by atoms with Crippen molar-refractivity contribution in [2.24, 2.45) is 0 Å². The highest BCUT2D eigenvalue weighted by Crippen LogP contribution is 2.30. The van der Waals surface area contributed by atoms with Gasteiger partial charge in [0.05, 0.1) is 21.8 Å². The minimum absolute atomic E-state index is 0.0672. The van der Waals surface area contributed by atoms with Crippen molar-refractivity contribution >= 4 is 33.2 Å². The molecule has 0 aliphatic heterocycles. The van der Waals surface area contributed by atoms with Crippen LogP contribution in [-0.2, 0) is 11.3 Å². The Morgan fingerprint density at radius 1 is 1.56 bits per heavy atom. The van der Waals surface area contributed by atoms with Gasteiger partial charge in [-0.15, -0.1) is 21.5 Å². The van der Waals surface area contributed by atoms with E-state index in [0.717, 1.165) is 8.66 Å². The number of hydrogen-bond acceptors (Lipinski definition) is 6. The third-order valence-electron chi connectivity index (χ3n) is 2.06. The molecule has 0 bridgehead atoms. The zero-order valence-electron chi connectivity index (χ0n) is 9.46. The second-order valence-corrected chi connectivity index (χ2v) is 6.13. The monoisotopic (exact) mass is 331 g/mol. The maximum absolute atomic E-state index is 10.5. The lowest BCUT2D eigenvalue weighted by Gasteiger charge is -2.09. The number of likely N-dealkylation sites (N-methyl/N-ethyl adjacent to an activating group) is 1. The van der Waals surface area contributed by atoms with Crippen LogP contribution in [0.5, 0.6) is 0 Å². The molecule has 96 valence electrons. The molecule has 0 spiro atoms. The highest BCUT2D eigenvalue weighted by molar-refractivity contribution is 9.11. The van der Waals surface area contributed by atoms with E-state index in [4.69, 9.17) is 9.52 Å². The molecular formula is C10H10BrN3O3S. The first-order valence-electron chi connectivity index (χ1n) is 5.03. The number of thiophene rings is 1. The zero-order chi connectivity index (χ0) is 13.1. The lowest BCUT2D eigenvalue weighted by Crippen LogP contribution is -2.25. The summed E-state index contributed by atoms with van der Waals surface area (Å²) in [6.07, 6.45) is 0. The molecule has 0 aromatic carbocycles. The molecule has 0 aliphatic rings. The molecule has 0 unspecified atom stereocenters. The van der Waals surface area contributed by atoms with Gasteiger partial charge in [-0.3, -0.25) is 9.69 Å². The van der Waals surface area contributed by atoms with E-state index in [0.29, 0.717) is 18.3 Å². The first-order chi connectivity index (χ1) is 8.54. The van der Waals surface area contributed by atoms with Crippen LogP contribution in [0.15, 0.2) is 20.3 Å². The normalized spacial score (nSPS) is 11.1. The second kappa shape index (κ2) is 5.59. The van der Waals surface area contributed by atoms with Gasteiger partial charge in [-0.25, -0.2) is 0 Å². The number of carboxylic acid groups (broad SMARTS) is 1. The van der Waals surface area contributed by atoms with Crippen LogP contribution in [0, 0.1) is 0 Å². The van der Waals surface area contributed by atoms with E-state index in [-0.39, 0.29) is 6.54 Å². The first-order valence-corrected chi connectivity index (χ1v) is 6.64. The molecule has 0 fully saturated rings. The highest BCUT2D eigenvalue weighted by Gasteiger charge is 2.13. The van der Waals surface area contributed by atoms with Crippen LogP contribution < -0.4 is 0 Å². The Hall–Kier alpha value is -1.25. The topological polar surface area (TPSA) is 79.5 Å². The molecule has 1 N–H and O–H groups in total. The number of nitrogens with zero attached hydrogens (tertiary/aromatic N) is 3. The van der Waals surface area contributed by atoms with Crippen molar-refractivity contribution in [1.82, 2.24) is 15.1 Å². The van der Waals surface area contributed by atoms with Gasteiger partial charge in [-0.2, -0.15) is 0 Å². The molecule has 0 amide bonds. The summed E-state index contributed by atoms with van der Waals surface area (Å²) in [5.41, 5.74) is 0. The summed E-state index contributed by atoms with van der Waals surface area (Å²) in [6, 6.07) is 3.79. The van der Waals surface area contributed by atoms with Crippen LogP contribution in [0.2, 0.25) is 0 Å². The third kappa shape index (κ3) is 3.37.